The molecule has 0 saturated heterocycles. The van der Waals surface area contributed by atoms with Crippen LogP contribution in [0, 0.1) is 0 Å². The summed E-state index contributed by atoms with van der Waals surface area (Å²) in [6.45, 7) is 3.65. The van der Waals surface area contributed by atoms with Gasteiger partial charge in [-0.2, -0.15) is 0 Å². The topological polar surface area (TPSA) is 54.6 Å². The van der Waals surface area contributed by atoms with E-state index in [1.54, 1.807) is 18.4 Å². The molecule has 2 aromatic rings. The van der Waals surface area contributed by atoms with E-state index in [0.29, 0.717) is 12.2 Å². The highest BCUT2D eigenvalue weighted by Gasteiger charge is 2.15. The van der Waals surface area contributed by atoms with Gasteiger partial charge in [0, 0.05) is 19.0 Å². The molecular weight excluding hydrogens is 266 g/mol. The number of ether oxygens (including phenoxy) is 1. The van der Waals surface area contributed by atoms with E-state index in [1.165, 1.54) is 11.1 Å². The summed E-state index contributed by atoms with van der Waals surface area (Å²) in [5.41, 5.74) is 2.54. The average molecular weight is 287 g/mol. The largest absolute Gasteiger partial charge is 0.493 e. The van der Waals surface area contributed by atoms with Crippen LogP contribution >= 0.6 is 0 Å². The number of aliphatic hydroxyl groups excluding tert-OH is 1. The lowest BCUT2D eigenvalue weighted by Gasteiger charge is -2.17. The third-order valence-corrected chi connectivity index (χ3v) is 3.86. The fourth-order valence-electron chi connectivity index (χ4n) is 2.66. The Morgan fingerprint density at radius 3 is 3.05 bits per heavy atom. The molecule has 0 radical (unpaired) electrons. The Kier molecular flexibility index (Phi) is 4.27. The Bertz CT molecular complexity index is 580. The van der Waals surface area contributed by atoms with Gasteiger partial charge in [0.05, 0.1) is 12.9 Å². The molecular formula is C17H21NO3. The van der Waals surface area contributed by atoms with E-state index in [0.717, 1.165) is 25.3 Å². The average Bonchev–Trinajstić information content (AvgIpc) is 3.15. The van der Waals surface area contributed by atoms with Crippen LogP contribution in [0.1, 0.15) is 36.3 Å². The molecule has 1 aliphatic heterocycles. The molecule has 0 bridgehead atoms. The van der Waals surface area contributed by atoms with Gasteiger partial charge >= 0.3 is 0 Å². The number of hydrogen-bond donors (Lipinski definition) is 2. The van der Waals surface area contributed by atoms with Gasteiger partial charge in [-0.3, -0.25) is 0 Å². The summed E-state index contributed by atoms with van der Waals surface area (Å²) >= 11 is 0. The van der Waals surface area contributed by atoms with Crippen LogP contribution in [-0.4, -0.2) is 17.8 Å². The Hall–Kier alpha value is -1.78. The smallest absolute Gasteiger partial charge is 0.132 e. The fraction of sp³-hybridized carbons (Fsp3) is 0.412. The molecule has 0 aliphatic carbocycles. The molecule has 0 spiro atoms. The number of fused-ring (bicyclic) bond motifs is 1. The number of rotatable bonds is 6. The molecule has 4 heteroatoms. The molecule has 112 valence electrons. The summed E-state index contributed by atoms with van der Waals surface area (Å²) in [5, 5.41) is 13.5. The van der Waals surface area contributed by atoms with Crippen LogP contribution in [0.15, 0.2) is 41.0 Å². The van der Waals surface area contributed by atoms with Crippen LogP contribution in [0.3, 0.4) is 0 Å². The Morgan fingerprint density at radius 1 is 1.33 bits per heavy atom. The van der Waals surface area contributed by atoms with Crippen molar-refractivity contribution < 1.29 is 14.3 Å². The third kappa shape index (κ3) is 3.46. The highest BCUT2D eigenvalue weighted by molar-refractivity contribution is 5.39. The van der Waals surface area contributed by atoms with Crippen LogP contribution in [-0.2, 0) is 13.0 Å². The van der Waals surface area contributed by atoms with E-state index in [4.69, 9.17) is 9.15 Å². The van der Waals surface area contributed by atoms with E-state index in [-0.39, 0.29) is 6.04 Å². The molecule has 2 atom stereocenters. The highest BCUT2D eigenvalue weighted by atomic mass is 16.5. The molecule has 1 aromatic heterocycles. The van der Waals surface area contributed by atoms with Crippen molar-refractivity contribution in [3.8, 4) is 5.75 Å². The van der Waals surface area contributed by atoms with E-state index in [2.05, 4.69) is 24.4 Å². The Labute approximate surface area is 124 Å². The van der Waals surface area contributed by atoms with Gasteiger partial charge in [0.25, 0.3) is 0 Å². The summed E-state index contributed by atoms with van der Waals surface area (Å²) in [6, 6.07) is 10.1. The van der Waals surface area contributed by atoms with Crippen molar-refractivity contribution in [1.29, 1.82) is 0 Å². The van der Waals surface area contributed by atoms with Crippen molar-refractivity contribution in [2.75, 3.05) is 6.61 Å². The minimum absolute atomic E-state index is 0.203. The van der Waals surface area contributed by atoms with Crippen LogP contribution in [0.4, 0.5) is 0 Å². The first-order chi connectivity index (χ1) is 10.2. The molecule has 0 saturated carbocycles. The van der Waals surface area contributed by atoms with Crippen molar-refractivity contribution in [3.05, 3.63) is 53.5 Å². The zero-order valence-electron chi connectivity index (χ0n) is 12.2. The van der Waals surface area contributed by atoms with Crippen molar-refractivity contribution in [3.63, 3.8) is 0 Å². The predicted octanol–water partition coefficient (Wildman–Crippen LogP) is 2.82. The van der Waals surface area contributed by atoms with Crippen molar-refractivity contribution in [2.45, 2.75) is 38.5 Å². The molecule has 3 rings (SSSR count). The van der Waals surface area contributed by atoms with E-state index >= 15 is 0 Å². The summed E-state index contributed by atoms with van der Waals surface area (Å²) in [4.78, 5) is 0. The minimum atomic E-state index is -0.559. The van der Waals surface area contributed by atoms with Crippen LogP contribution in [0.2, 0.25) is 0 Å². The van der Waals surface area contributed by atoms with E-state index in [9.17, 15) is 5.11 Å². The lowest BCUT2D eigenvalue weighted by molar-refractivity contribution is 0.128. The number of aliphatic hydroxyl groups is 1. The second-order valence-corrected chi connectivity index (χ2v) is 5.59. The summed E-state index contributed by atoms with van der Waals surface area (Å²) in [5.74, 6) is 1.64. The van der Waals surface area contributed by atoms with Gasteiger partial charge in [0.1, 0.15) is 17.6 Å². The monoisotopic (exact) mass is 287 g/mol. The Balaban J connectivity index is 1.50. The quantitative estimate of drug-likeness (QED) is 0.858. The first-order valence-corrected chi connectivity index (χ1v) is 7.42. The molecule has 2 heterocycles. The molecule has 4 nitrogen and oxygen atoms in total. The molecule has 2 unspecified atom stereocenters. The summed E-state index contributed by atoms with van der Waals surface area (Å²) in [7, 11) is 0. The van der Waals surface area contributed by atoms with Gasteiger partial charge < -0.3 is 19.6 Å². The molecule has 1 aromatic carbocycles. The molecule has 0 amide bonds. The SMILES string of the molecule is CC(CC(O)c1ccco1)NCc1ccc2c(c1)CCO2. The number of furan rings is 1. The second kappa shape index (κ2) is 6.33. The molecule has 0 fully saturated rings. The van der Waals surface area contributed by atoms with Gasteiger partial charge in [-0.05, 0) is 42.7 Å². The third-order valence-electron chi connectivity index (χ3n) is 3.86. The zero-order chi connectivity index (χ0) is 14.7. The van der Waals surface area contributed by atoms with Crippen molar-refractivity contribution >= 4 is 0 Å². The number of hydrogen-bond acceptors (Lipinski definition) is 4. The van der Waals surface area contributed by atoms with E-state index in [1.807, 2.05) is 6.07 Å². The van der Waals surface area contributed by atoms with Crippen LogP contribution < -0.4 is 10.1 Å². The first-order valence-electron chi connectivity index (χ1n) is 7.42. The van der Waals surface area contributed by atoms with Gasteiger partial charge in [0.15, 0.2) is 0 Å². The standard InChI is InChI=1S/C17H21NO3/c1-12(9-15(19)17-3-2-7-20-17)18-11-13-4-5-16-14(10-13)6-8-21-16/h2-5,7,10,12,15,18-19H,6,8-9,11H2,1H3. The fourth-order valence-corrected chi connectivity index (χ4v) is 2.66. The minimum Gasteiger partial charge on any atom is -0.493 e. The van der Waals surface area contributed by atoms with E-state index < -0.39 is 6.10 Å². The van der Waals surface area contributed by atoms with Crippen LogP contribution in [0.25, 0.3) is 0 Å². The maximum absolute atomic E-state index is 10.1. The van der Waals surface area contributed by atoms with Gasteiger partial charge in [0.2, 0.25) is 0 Å². The maximum Gasteiger partial charge on any atom is 0.132 e. The normalized spacial score (nSPS) is 16.3. The van der Waals surface area contributed by atoms with Crippen molar-refractivity contribution in [1.82, 2.24) is 5.32 Å². The molecule has 1 aliphatic rings. The molecule has 21 heavy (non-hydrogen) atoms. The lowest BCUT2D eigenvalue weighted by Crippen LogP contribution is -2.27. The highest BCUT2D eigenvalue weighted by Crippen LogP contribution is 2.26. The van der Waals surface area contributed by atoms with Gasteiger partial charge in [-0.15, -0.1) is 0 Å². The van der Waals surface area contributed by atoms with Crippen molar-refractivity contribution in [2.24, 2.45) is 0 Å². The zero-order valence-corrected chi connectivity index (χ0v) is 12.2. The molecule has 2 N–H and O–H groups in total. The van der Waals surface area contributed by atoms with Gasteiger partial charge in [-0.25, -0.2) is 0 Å². The van der Waals surface area contributed by atoms with Gasteiger partial charge in [-0.1, -0.05) is 12.1 Å². The second-order valence-electron chi connectivity index (χ2n) is 5.59. The lowest BCUT2D eigenvalue weighted by atomic mass is 10.1. The summed E-state index contributed by atoms with van der Waals surface area (Å²) < 4.78 is 10.7. The number of benzene rings is 1. The maximum atomic E-state index is 10.1. The Morgan fingerprint density at radius 2 is 2.24 bits per heavy atom. The number of nitrogens with one attached hydrogen (secondary N) is 1. The van der Waals surface area contributed by atoms with Crippen LogP contribution in [0.5, 0.6) is 5.75 Å². The predicted molar refractivity (Wildman–Crippen MR) is 80.2 cm³/mol. The first kappa shape index (κ1) is 14.2. The summed E-state index contributed by atoms with van der Waals surface area (Å²) in [6.07, 6.45) is 2.65.